The summed E-state index contributed by atoms with van der Waals surface area (Å²) in [5.74, 6) is 0.755. The Labute approximate surface area is 179 Å². The molecule has 2 aromatic rings. The van der Waals surface area contributed by atoms with Crippen LogP contribution in [0.5, 0.6) is 5.75 Å². The van der Waals surface area contributed by atoms with E-state index in [1.807, 2.05) is 38.2 Å². The number of piperidine rings is 1. The molecule has 6 N–H and O–H groups in total. The minimum atomic E-state index is 0.0408. The van der Waals surface area contributed by atoms with E-state index in [0.29, 0.717) is 23.1 Å². The Hall–Kier alpha value is -2.73. The van der Waals surface area contributed by atoms with Gasteiger partial charge in [0.05, 0.1) is 11.3 Å². The molecule has 1 aliphatic heterocycles. The van der Waals surface area contributed by atoms with Crippen LogP contribution in [0.4, 0.5) is 0 Å². The third-order valence-corrected chi connectivity index (χ3v) is 5.81. The van der Waals surface area contributed by atoms with Gasteiger partial charge in [0.25, 0.3) is 0 Å². The van der Waals surface area contributed by atoms with Gasteiger partial charge in [0.1, 0.15) is 5.75 Å². The number of benzene rings is 1. The van der Waals surface area contributed by atoms with Crippen molar-refractivity contribution in [3.8, 4) is 5.75 Å². The zero-order valence-corrected chi connectivity index (χ0v) is 19.0. The van der Waals surface area contributed by atoms with E-state index in [1.165, 1.54) is 0 Å². The summed E-state index contributed by atoms with van der Waals surface area (Å²) in [6.45, 7) is 10.8. The highest BCUT2D eigenvalue weighted by atomic mass is 16.3. The lowest BCUT2D eigenvalue weighted by atomic mass is 9.79. The number of hydrogen-bond acceptors (Lipinski definition) is 6. The standard InChI is InChI=1S/C24H35N5O/c1-15-7-8-16-11-18(21(30)12-20(16)27-15)19(25)9-10-22(26)29(6)17-13-23(2,3)28-24(4,5)14-17/h7-12,17,28,30H,13-14,25-26H2,1-6H3/b19-9-,22-10+. The van der Waals surface area contributed by atoms with E-state index in [2.05, 4.69) is 42.9 Å². The highest BCUT2D eigenvalue weighted by molar-refractivity contribution is 5.86. The van der Waals surface area contributed by atoms with Gasteiger partial charge in [-0.3, -0.25) is 4.98 Å². The number of phenols is 1. The first kappa shape index (κ1) is 22.0. The van der Waals surface area contributed by atoms with Crippen molar-refractivity contribution in [1.82, 2.24) is 15.2 Å². The largest absolute Gasteiger partial charge is 0.507 e. The van der Waals surface area contributed by atoms with Gasteiger partial charge >= 0.3 is 0 Å². The molecule has 6 heteroatoms. The number of hydrogen-bond donors (Lipinski definition) is 4. The molecule has 0 unspecified atom stereocenters. The molecule has 0 spiro atoms. The molecule has 0 amide bonds. The van der Waals surface area contributed by atoms with Crippen LogP contribution in [0.3, 0.4) is 0 Å². The molecular weight excluding hydrogens is 374 g/mol. The number of aromatic nitrogens is 1. The Morgan fingerprint density at radius 2 is 1.77 bits per heavy atom. The SMILES string of the molecule is Cc1ccc2cc(/C(N)=C/C=C(\N)N(C)C3CC(C)(C)NC(C)(C)C3)c(O)cc2n1. The maximum absolute atomic E-state index is 10.4. The molecule has 0 radical (unpaired) electrons. The smallest absolute Gasteiger partial charge is 0.127 e. The lowest BCUT2D eigenvalue weighted by molar-refractivity contribution is 0.0981. The Kier molecular flexibility index (Phi) is 5.74. The van der Waals surface area contributed by atoms with Crippen LogP contribution in [0.25, 0.3) is 16.6 Å². The van der Waals surface area contributed by atoms with Crippen LogP contribution >= 0.6 is 0 Å². The minimum Gasteiger partial charge on any atom is -0.507 e. The first-order valence-electron chi connectivity index (χ1n) is 10.4. The zero-order chi connectivity index (χ0) is 22.3. The maximum Gasteiger partial charge on any atom is 0.127 e. The second-order valence-electron chi connectivity index (χ2n) is 9.79. The highest BCUT2D eigenvalue weighted by Crippen LogP contribution is 2.32. The molecule has 1 aliphatic rings. The highest BCUT2D eigenvalue weighted by Gasteiger charge is 2.39. The molecule has 0 aliphatic carbocycles. The van der Waals surface area contributed by atoms with E-state index in [0.717, 1.165) is 29.4 Å². The molecule has 0 bridgehead atoms. The number of nitrogens with two attached hydrogens (primary N) is 2. The maximum atomic E-state index is 10.4. The zero-order valence-electron chi connectivity index (χ0n) is 19.0. The second kappa shape index (κ2) is 7.84. The van der Waals surface area contributed by atoms with Gasteiger partial charge in [-0.25, -0.2) is 0 Å². The normalized spacial score (nSPS) is 19.8. The average molecular weight is 410 g/mol. The van der Waals surface area contributed by atoms with Gasteiger partial charge in [-0.05, 0) is 71.7 Å². The van der Waals surface area contributed by atoms with Crippen LogP contribution in [0, 0.1) is 6.92 Å². The molecule has 1 aromatic carbocycles. The van der Waals surface area contributed by atoms with Crippen LogP contribution in [-0.2, 0) is 0 Å². The second-order valence-corrected chi connectivity index (χ2v) is 9.79. The lowest BCUT2D eigenvalue weighted by Gasteiger charge is -2.49. The van der Waals surface area contributed by atoms with Gasteiger partial charge in [0.15, 0.2) is 0 Å². The van der Waals surface area contributed by atoms with Crippen LogP contribution < -0.4 is 16.8 Å². The first-order chi connectivity index (χ1) is 13.9. The molecule has 0 saturated carbocycles. The van der Waals surface area contributed by atoms with E-state index in [-0.39, 0.29) is 16.8 Å². The van der Waals surface area contributed by atoms with E-state index >= 15 is 0 Å². The van der Waals surface area contributed by atoms with Crippen molar-refractivity contribution < 1.29 is 5.11 Å². The number of nitrogens with one attached hydrogen (secondary N) is 1. The number of phenolic OH excluding ortho intramolecular Hbond substituents is 1. The summed E-state index contributed by atoms with van der Waals surface area (Å²) in [5, 5.41) is 15.1. The van der Waals surface area contributed by atoms with Gasteiger partial charge in [-0.1, -0.05) is 6.07 Å². The van der Waals surface area contributed by atoms with E-state index < -0.39 is 0 Å². The van der Waals surface area contributed by atoms with Crippen molar-refractivity contribution in [2.75, 3.05) is 7.05 Å². The molecular formula is C24H35N5O. The summed E-state index contributed by atoms with van der Waals surface area (Å²) >= 11 is 0. The minimum absolute atomic E-state index is 0.0408. The average Bonchev–Trinajstić information content (AvgIpc) is 2.62. The van der Waals surface area contributed by atoms with E-state index in [4.69, 9.17) is 11.5 Å². The Bertz CT molecular complexity index is 990. The molecule has 30 heavy (non-hydrogen) atoms. The van der Waals surface area contributed by atoms with Crippen molar-refractivity contribution >= 4 is 16.6 Å². The molecule has 2 heterocycles. The van der Waals surface area contributed by atoms with Crippen LogP contribution in [0.1, 0.15) is 51.8 Å². The third-order valence-electron chi connectivity index (χ3n) is 5.81. The summed E-state index contributed by atoms with van der Waals surface area (Å²) in [4.78, 5) is 6.57. The number of nitrogens with zero attached hydrogens (tertiary/aromatic N) is 2. The van der Waals surface area contributed by atoms with Crippen LogP contribution in [0.2, 0.25) is 0 Å². The van der Waals surface area contributed by atoms with Crippen molar-refractivity contribution in [1.29, 1.82) is 0 Å². The Morgan fingerprint density at radius 1 is 1.13 bits per heavy atom. The van der Waals surface area contributed by atoms with Crippen LogP contribution in [-0.4, -0.2) is 39.2 Å². The van der Waals surface area contributed by atoms with Gasteiger partial charge < -0.3 is 26.8 Å². The fraction of sp³-hybridized carbons (Fsp3) is 0.458. The van der Waals surface area contributed by atoms with Crippen molar-refractivity contribution in [2.45, 2.75) is 64.6 Å². The van der Waals surface area contributed by atoms with Gasteiger partial charge in [-0.2, -0.15) is 0 Å². The number of aryl methyl sites for hydroxylation is 1. The summed E-state index contributed by atoms with van der Waals surface area (Å²) in [6.07, 6.45) is 5.57. The van der Waals surface area contributed by atoms with E-state index in [1.54, 1.807) is 12.1 Å². The summed E-state index contributed by atoms with van der Waals surface area (Å²) < 4.78 is 0. The predicted molar refractivity (Wildman–Crippen MR) is 125 cm³/mol. The number of allylic oxidation sites excluding steroid dienone is 2. The molecule has 162 valence electrons. The third kappa shape index (κ3) is 4.87. The van der Waals surface area contributed by atoms with Crippen molar-refractivity contribution in [3.05, 3.63) is 53.5 Å². The summed E-state index contributed by atoms with van der Waals surface area (Å²) in [7, 11) is 2.03. The van der Waals surface area contributed by atoms with E-state index in [9.17, 15) is 5.11 Å². The molecule has 1 saturated heterocycles. The lowest BCUT2D eigenvalue weighted by Crippen LogP contribution is -2.61. The number of aromatic hydroxyl groups is 1. The van der Waals surface area contributed by atoms with Crippen molar-refractivity contribution in [2.24, 2.45) is 11.5 Å². The molecule has 3 rings (SSSR count). The number of fused-ring (bicyclic) bond motifs is 1. The molecule has 0 atom stereocenters. The van der Waals surface area contributed by atoms with Crippen LogP contribution in [0.15, 0.2) is 42.2 Å². The van der Waals surface area contributed by atoms with Gasteiger partial charge in [0, 0.05) is 52.6 Å². The Morgan fingerprint density at radius 3 is 2.40 bits per heavy atom. The molecule has 1 aromatic heterocycles. The topological polar surface area (TPSA) is 100 Å². The fourth-order valence-electron chi connectivity index (χ4n) is 4.63. The fourth-order valence-corrected chi connectivity index (χ4v) is 4.63. The summed E-state index contributed by atoms with van der Waals surface area (Å²) in [5.41, 5.74) is 15.4. The van der Waals surface area contributed by atoms with Crippen molar-refractivity contribution in [3.63, 3.8) is 0 Å². The first-order valence-corrected chi connectivity index (χ1v) is 10.4. The quantitative estimate of drug-likeness (QED) is 0.576. The van der Waals surface area contributed by atoms with Gasteiger partial charge in [-0.15, -0.1) is 0 Å². The molecule has 1 fully saturated rings. The number of pyridine rings is 1. The Balaban J connectivity index is 1.83. The molecule has 6 nitrogen and oxygen atoms in total. The monoisotopic (exact) mass is 409 g/mol. The van der Waals surface area contributed by atoms with Gasteiger partial charge in [0.2, 0.25) is 0 Å². The number of rotatable bonds is 4. The summed E-state index contributed by atoms with van der Waals surface area (Å²) in [6, 6.07) is 7.75. The predicted octanol–water partition coefficient (Wildman–Crippen LogP) is 3.59.